The summed E-state index contributed by atoms with van der Waals surface area (Å²) in [5, 5.41) is 0. The second-order valence-electron chi connectivity index (χ2n) is 8.61. The Kier molecular flexibility index (Phi) is 7.55. The summed E-state index contributed by atoms with van der Waals surface area (Å²) in [6.45, 7) is 7.04. The third-order valence-corrected chi connectivity index (χ3v) is 4.72. The van der Waals surface area contributed by atoms with Gasteiger partial charge in [0.05, 0.1) is 5.56 Å². The van der Waals surface area contributed by atoms with Gasteiger partial charge in [0.1, 0.15) is 5.60 Å². The molecule has 1 saturated heterocycles. The highest BCUT2D eigenvalue weighted by molar-refractivity contribution is 5.91. The zero-order valence-electron chi connectivity index (χ0n) is 17.8. The molecule has 1 aromatic rings. The molecular weight excluding hydrogens is 397 g/mol. The van der Waals surface area contributed by atoms with Crippen molar-refractivity contribution in [2.24, 2.45) is 5.92 Å². The Morgan fingerprint density at radius 2 is 1.83 bits per heavy atom. The predicted octanol–water partition coefficient (Wildman–Crippen LogP) is 4.82. The van der Waals surface area contributed by atoms with Crippen LogP contribution in [0.4, 0.5) is 18.0 Å². The van der Waals surface area contributed by atoms with Gasteiger partial charge in [0, 0.05) is 32.8 Å². The third kappa shape index (κ3) is 7.39. The first-order chi connectivity index (χ1) is 13.8. The molecule has 0 radical (unpaired) electrons. The smallest absolute Gasteiger partial charge is 0.416 e. The average Bonchev–Trinajstić information content (AvgIpc) is 2.64. The van der Waals surface area contributed by atoms with Gasteiger partial charge in [0.2, 0.25) is 5.91 Å². The maximum Gasteiger partial charge on any atom is 0.416 e. The first-order valence-electron chi connectivity index (χ1n) is 9.93. The van der Waals surface area contributed by atoms with E-state index in [2.05, 4.69) is 0 Å². The van der Waals surface area contributed by atoms with E-state index in [0.717, 1.165) is 25.0 Å². The van der Waals surface area contributed by atoms with Gasteiger partial charge in [-0.25, -0.2) is 4.79 Å². The minimum Gasteiger partial charge on any atom is -0.444 e. The minimum absolute atomic E-state index is 0.139. The minimum atomic E-state index is -4.38. The zero-order chi connectivity index (χ0) is 22.5. The molecule has 8 heteroatoms. The van der Waals surface area contributed by atoms with Crippen molar-refractivity contribution in [3.8, 4) is 0 Å². The number of amides is 2. The Labute approximate surface area is 175 Å². The lowest BCUT2D eigenvalue weighted by Gasteiger charge is -2.34. The van der Waals surface area contributed by atoms with E-state index in [-0.39, 0.29) is 11.8 Å². The molecule has 1 aliphatic rings. The van der Waals surface area contributed by atoms with Crippen molar-refractivity contribution in [3.63, 3.8) is 0 Å². The molecule has 0 bridgehead atoms. The normalized spacial score (nSPS) is 17.8. The van der Waals surface area contributed by atoms with Gasteiger partial charge in [-0.1, -0.05) is 12.1 Å². The van der Waals surface area contributed by atoms with E-state index in [4.69, 9.17) is 4.74 Å². The number of ether oxygens (including phenoxy) is 1. The number of halogens is 3. The van der Waals surface area contributed by atoms with Gasteiger partial charge in [0.15, 0.2) is 0 Å². The Morgan fingerprint density at radius 3 is 2.40 bits per heavy atom. The summed E-state index contributed by atoms with van der Waals surface area (Å²) < 4.78 is 43.2. The van der Waals surface area contributed by atoms with Crippen molar-refractivity contribution < 1.29 is 27.5 Å². The van der Waals surface area contributed by atoms with Crippen LogP contribution in [0.1, 0.15) is 44.7 Å². The van der Waals surface area contributed by atoms with E-state index in [0.29, 0.717) is 25.2 Å². The quantitative estimate of drug-likeness (QED) is 0.649. The molecular formula is C22H29F3N2O3. The third-order valence-electron chi connectivity index (χ3n) is 4.72. The van der Waals surface area contributed by atoms with Crippen molar-refractivity contribution in [2.45, 2.75) is 45.4 Å². The lowest BCUT2D eigenvalue weighted by molar-refractivity contribution is -0.137. The number of carbonyl (C=O) groups is 2. The van der Waals surface area contributed by atoms with Gasteiger partial charge in [-0.2, -0.15) is 13.2 Å². The van der Waals surface area contributed by atoms with Crippen molar-refractivity contribution >= 4 is 18.1 Å². The molecule has 0 N–H and O–H groups in total. The van der Waals surface area contributed by atoms with Crippen molar-refractivity contribution in [3.05, 3.63) is 41.5 Å². The van der Waals surface area contributed by atoms with E-state index in [9.17, 15) is 22.8 Å². The first-order valence-corrected chi connectivity index (χ1v) is 9.93. The van der Waals surface area contributed by atoms with Gasteiger partial charge in [-0.15, -0.1) is 0 Å². The van der Waals surface area contributed by atoms with Crippen molar-refractivity contribution in [1.29, 1.82) is 0 Å². The molecule has 2 amide bonds. The van der Waals surface area contributed by atoms with Crippen molar-refractivity contribution in [2.75, 3.05) is 26.7 Å². The Hall–Kier alpha value is -2.51. The second-order valence-corrected chi connectivity index (χ2v) is 8.61. The molecule has 0 aromatic heterocycles. The summed E-state index contributed by atoms with van der Waals surface area (Å²) in [4.78, 5) is 27.9. The molecule has 1 unspecified atom stereocenters. The van der Waals surface area contributed by atoms with Crippen LogP contribution in [0.3, 0.4) is 0 Å². The van der Waals surface area contributed by atoms with Crippen LogP contribution >= 0.6 is 0 Å². The number of benzene rings is 1. The summed E-state index contributed by atoms with van der Waals surface area (Å²) in [6, 6.07) is 4.66. The number of hydrogen-bond donors (Lipinski definition) is 0. The van der Waals surface area contributed by atoms with Crippen LogP contribution in [0.25, 0.3) is 6.08 Å². The average molecular weight is 426 g/mol. The number of carbonyl (C=O) groups excluding carboxylic acids is 2. The molecule has 1 heterocycles. The number of alkyl halides is 3. The molecule has 1 aromatic carbocycles. The number of hydrogen-bond acceptors (Lipinski definition) is 3. The highest BCUT2D eigenvalue weighted by Crippen LogP contribution is 2.29. The molecule has 0 spiro atoms. The summed E-state index contributed by atoms with van der Waals surface area (Å²) >= 11 is 0. The number of rotatable bonds is 4. The topological polar surface area (TPSA) is 49.9 Å². The highest BCUT2D eigenvalue weighted by atomic mass is 19.4. The Bertz CT molecular complexity index is 767. The maximum atomic E-state index is 12.6. The Morgan fingerprint density at radius 1 is 1.20 bits per heavy atom. The van der Waals surface area contributed by atoms with E-state index in [1.54, 1.807) is 11.9 Å². The van der Waals surface area contributed by atoms with Crippen LogP contribution in [-0.4, -0.2) is 54.1 Å². The molecule has 1 fully saturated rings. The van der Waals surface area contributed by atoms with Crippen LogP contribution < -0.4 is 0 Å². The molecule has 166 valence electrons. The molecule has 0 saturated carbocycles. The van der Waals surface area contributed by atoms with Crippen LogP contribution in [0.2, 0.25) is 0 Å². The summed E-state index contributed by atoms with van der Waals surface area (Å²) in [6.07, 6.45) is -0.158. The fourth-order valence-electron chi connectivity index (χ4n) is 3.27. The zero-order valence-corrected chi connectivity index (χ0v) is 17.8. The van der Waals surface area contributed by atoms with Crippen LogP contribution in [-0.2, 0) is 15.7 Å². The Balaban J connectivity index is 1.90. The standard InChI is InChI=1S/C22H29F3N2O3/c1-21(2,3)30-20(29)26(4)14-17-6-5-13-27(15-17)19(28)12-9-16-7-10-18(11-8-16)22(23,24)25/h7-12,17H,5-6,13-15H2,1-4H3/b12-9+. The monoisotopic (exact) mass is 426 g/mol. The van der Waals surface area contributed by atoms with Gasteiger partial charge in [-0.05, 0) is 63.3 Å². The largest absolute Gasteiger partial charge is 0.444 e. The molecule has 5 nitrogen and oxygen atoms in total. The second kappa shape index (κ2) is 9.53. The maximum absolute atomic E-state index is 12.6. The van der Waals surface area contributed by atoms with Crippen LogP contribution in [0.15, 0.2) is 30.3 Å². The number of piperidine rings is 1. The lowest BCUT2D eigenvalue weighted by Crippen LogP contribution is -2.44. The fourth-order valence-corrected chi connectivity index (χ4v) is 3.27. The van der Waals surface area contributed by atoms with E-state index >= 15 is 0 Å². The van der Waals surface area contributed by atoms with Gasteiger partial charge in [0.25, 0.3) is 0 Å². The highest BCUT2D eigenvalue weighted by Gasteiger charge is 2.30. The van der Waals surface area contributed by atoms with Crippen molar-refractivity contribution in [1.82, 2.24) is 9.80 Å². The van der Waals surface area contributed by atoms with Gasteiger partial charge < -0.3 is 14.5 Å². The molecule has 2 rings (SSSR count). The number of likely N-dealkylation sites (tertiary alicyclic amines) is 1. The van der Waals surface area contributed by atoms with E-state index in [1.165, 1.54) is 29.2 Å². The first kappa shape index (κ1) is 23.8. The van der Waals surface area contributed by atoms with E-state index < -0.39 is 23.4 Å². The predicted molar refractivity (Wildman–Crippen MR) is 109 cm³/mol. The van der Waals surface area contributed by atoms with Crippen LogP contribution in [0, 0.1) is 5.92 Å². The summed E-state index contributed by atoms with van der Waals surface area (Å²) in [5.41, 5.74) is -0.767. The van der Waals surface area contributed by atoms with Crippen LogP contribution in [0.5, 0.6) is 0 Å². The summed E-state index contributed by atoms with van der Waals surface area (Å²) in [7, 11) is 1.68. The van der Waals surface area contributed by atoms with E-state index in [1.807, 2.05) is 20.8 Å². The lowest BCUT2D eigenvalue weighted by atomic mass is 9.97. The molecule has 30 heavy (non-hydrogen) atoms. The van der Waals surface area contributed by atoms with Gasteiger partial charge >= 0.3 is 12.3 Å². The SMILES string of the molecule is CN(CC1CCCN(C(=O)/C=C/c2ccc(C(F)(F)F)cc2)C1)C(=O)OC(C)(C)C. The molecule has 1 atom stereocenters. The molecule has 1 aliphatic heterocycles. The number of nitrogens with zero attached hydrogens (tertiary/aromatic N) is 2. The van der Waals surface area contributed by atoms with Gasteiger partial charge in [-0.3, -0.25) is 4.79 Å². The fraction of sp³-hybridized carbons (Fsp3) is 0.545. The molecule has 0 aliphatic carbocycles. The summed E-state index contributed by atoms with van der Waals surface area (Å²) in [5.74, 6) is -0.0563.